The Morgan fingerprint density at radius 2 is 1.95 bits per heavy atom. The first kappa shape index (κ1) is 16.4. The van der Waals surface area contributed by atoms with Gasteiger partial charge >= 0.3 is 0 Å². The van der Waals surface area contributed by atoms with Gasteiger partial charge in [0.25, 0.3) is 0 Å². The van der Waals surface area contributed by atoms with Crippen LogP contribution in [0.2, 0.25) is 0 Å². The van der Waals surface area contributed by atoms with E-state index in [9.17, 15) is 8.78 Å². The van der Waals surface area contributed by atoms with Gasteiger partial charge in [0.2, 0.25) is 0 Å². The SMILES string of the molecule is NNC(CSc1ccccc1F)Cc1cc(F)ccc1Br. The Balaban J connectivity index is 2.00. The lowest BCUT2D eigenvalue weighted by molar-refractivity contribution is 0.568. The summed E-state index contributed by atoms with van der Waals surface area (Å²) in [7, 11) is 0. The van der Waals surface area contributed by atoms with Crippen molar-refractivity contribution in [1.29, 1.82) is 0 Å². The predicted molar refractivity (Wildman–Crippen MR) is 86.0 cm³/mol. The monoisotopic (exact) mass is 372 g/mol. The number of hydrogen-bond donors (Lipinski definition) is 2. The van der Waals surface area contributed by atoms with Crippen LogP contribution in [0.25, 0.3) is 0 Å². The molecule has 0 aliphatic carbocycles. The molecule has 0 heterocycles. The van der Waals surface area contributed by atoms with Gasteiger partial charge in [-0.15, -0.1) is 11.8 Å². The summed E-state index contributed by atoms with van der Waals surface area (Å²) in [6, 6.07) is 11.0. The fraction of sp³-hybridized carbons (Fsp3) is 0.200. The minimum Gasteiger partial charge on any atom is -0.271 e. The van der Waals surface area contributed by atoms with Crippen LogP contribution in [-0.4, -0.2) is 11.8 Å². The second-order valence-corrected chi connectivity index (χ2v) is 6.46. The van der Waals surface area contributed by atoms with Crippen LogP contribution in [0.5, 0.6) is 0 Å². The summed E-state index contributed by atoms with van der Waals surface area (Å²) in [4.78, 5) is 0.580. The van der Waals surface area contributed by atoms with Crippen LogP contribution < -0.4 is 11.3 Å². The minimum atomic E-state index is -0.286. The Kier molecular flexibility index (Phi) is 6.17. The van der Waals surface area contributed by atoms with Crippen molar-refractivity contribution < 1.29 is 8.78 Å². The topological polar surface area (TPSA) is 38.0 Å². The maximum Gasteiger partial charge on any atom is 0.136 e. The molecule has 0 bridgehead atoms. The van der Waals surface area contributed by atoms with Crippen molar-refractivity contribution in [2.24, 2.45) is 5.84 Å². The molecule has 2 rings (SSSR count). The number of benzene rings is 2. The summed E-state index contributed by atoms with van der Waals surface area (Å²) >= 11 is 4.78. The van der Waals surface area contributed by atoms with Crippen LogP contribution in [0.1, 0.15) is 5.56 Å². The van der Waals surface area contributed by atoms with Crippen LogP contribution in [0.4, 0.5) is 8.78 Å². The van der Waals surface area contributed by atoms with E-state index >= 15 is 0 Å². The van der Waals surface area contributed by atoms with Gasteiger partial charge in [0, 0.05) is 21.2 Å². The molecule has 2 nitrogen and oxygen atoms in total. The number of hydrogen-bond acceptors (Lipinski definition) is 3. The molecule has 0 amide bonds. The van der Waals surface area contributed by atoms with E-state index < -0.39 is 0 Å². The van der Waals surface area contributed by atoms with E-state index in [2.05, 4.69) is 21.4 Å². The molecule has 0 spiro atoms. The van der Waals surface area contributed by atoms with Crippen molar-refractivity contribution in [3.8, 4) is 0 Å². The lowest BCUT2D eigenvalue weighted by atomic mass is 10.1. The van der Waals surface area contributed by atoms with Gasteiger partial charge in [0.1, 0.15) is 11.6 Å². The fourth-order valence-electron chi connectivity index (χ4n) is 1.88. The highest BCUT2D eigenvalue weighted by Crippen LogP contribution is 2.24. The van der Waals surface area contributed by atoms with Gasteiger partial charge in [-0.2, -0.15) is 0 Å². The standard InChI is InChI=1S/C15H15BrF2N2S/c16-13-6-5-11(17)7-10(13)8-12(20-19)9-21-15-4-2-1-3-14(15)18/h1-7,12,20H,8-9,19H2. The summed E-state index contributed by atoms with van der Waals surface area (Å²) in [6.45, 7) is 0. The summed E-state index contributed by atoms with van der Waals surface area (Å²) in [5.74, 6) is 5.60. The predicted octanol–water partition coefficient (Wildman–Crippen LogP) is 3.89. The molecular weight excluding hydrogens is 358 g/mol. The van der Waals surface area contributed by atoms with E-state index in [-0.39, 0.29) is 17.7 Å². The average Bonchev–Trinajstić information content (AvgIpc) is 2.48. The summed E-state index contributed by atoms with van der Waals surface area (Å²) < 4.78 is 27.7. The number of hydrazine groups is 1. The summed E-state index contributed by atoms with van der Waals surface area (Å²) in [5.41, 5.74) is 3.53. The first-order valence-electron chi connectivity index (χ1n) is 6.37. The number of halogens is 3. The van der Waals surface area contributed by atoms with E-state index in [1.54, 1.807) is 24.3 Å². The Morgan fingerprint density at radius 3 is 2.67 bits per heavy atom. The van der Waals surface area contributed by atoms with Crippen molar-refractivity contribution >= 4 is 27.7 Å². The Morgan fingerprint density at radius 1 is 1.19 bits per heavy atom. The molecule has 6 heteroatoms. The number of nitrogens with one attached hydrogen (secondary N) is 1. The van der Waals surface area contributed by atoms with Crippen LogP contribution in [0.15, 0.2) is 51.8 Å². The van der Waals surface area contributed by atoms with Crippen molar-refractivity contribution in [3.63, 3.8) is 0 Å². The highest BCUT2D eigenvalue weighted by atomic mass is 79.9. The molecule has 0 aliphatic heterocycles. The molecule has 1 unspecified atom stereocenters. The van der Waals surface area contributed by atoms with E-state index in [1.165, 1.54) is 30.0 Å². The van der Waals surface area contributed by atoms with E-state index in [1.807, 2.05) is 0 Å². The Hall–Kier alpha value is -0.950. The van der Waals surface area contributed by atoms with Gasteiger partial charge in [0.15, 0.2) is 0 Å². The lowest BCUT2D eigenvalue weighted by Crippen LogP contribution is -2.38. The van der Waals surface area contributed by atoms with Gasteiger partial charge in [-0.25, -0.2) is 8.78 Å². The molecule has 21 heavy (non-hydrogen) atoms. The smallest absolute Gasteiger partial charge is 0.136 e. The van der Waals surface area contributed by atoms with Gasteiger partial charge in [-0.1, -0.05) is 28.1 Å². The first-order chi connectivity index (χ1) is 10.1. The van der Waals surface area contributed by atoms with Crippen molar-refractivity contribution in [1.82, 2.24) is 5.43 Å². The quantitative estimate of drug-likeness (QED) is 0.458. The molecule has 0 fully saturated rings. The largest absolute Gasteiger partial charge is 0.271 e. The van der Waals surface area contributed by atoms with Crippen molar-refractivity contribution in [2.75, 3.05) is 5.75 Å². The van der Waals surface area contributed by atoms with E-state index in [4.69, 9.17) is 5.84 Å². The van der Waals surface area contributed by atoms with Gasteiger partial charge in [-0.05, 0) is 42.3 Å². The summed E-state index contributed by atoms with van der Waals surface area (Å²) in [6.07, 6.45) is 0.552. The number of thioether (sulfide) groups is 1. The zero-order valence-electron chi connectivity index (χ0n) is 11.2. The lowest BCUT2D eigenvalue weighted by Gasteiger charge is -2.16. The normalized spacial score (nSPS) is 12.4. The van der Waals surface area contributed by atoms with Crippen molar-refractivity contribution in [3.05, 3.63) is 64.1 Å². The number of rotatable bonds is 6. The third-order valence-corrected chi connectivity index (χ3v) is 4.97. The fourth-order valence-corrected chi connectivity index (χ4v) is 3.27. The van der Waals surface area contributed by atoms with Crippen LogP contribution in [0.3, 0.4) is 0 Å². The highest BCUT2D eigenvalue weighted by molar-refractivity contribution is 9.10. The molecule has 0 radical (unpaired) electrons. The molecule has 2 aromatic rings. The molecule has 0 aliphatic rings. The van der Waals surface area contributed by atoms with Gasteiger partial charge in [0.05, 0.1) is 0 Å². The molecule has 0 saturated heterocycles. The number of nitrogens with two attached hydrogens (primary N) is 1. The van der Waals surface area contributed by atoms with Crippen LogP contribution in [0, 0.1) is 11.6 Å². The highest BCUT2D eigenvalue weighted by Gasteiger charge is 2.12. The molecule has 1 atom stereocenters. The van der Waals surface area contributed by atoms with Gasteiger partial charge in [-0.3, -0.25) is 11.3 Å². The van der Waals surface area contributed by atoms with E-state index in [0.717, 1.165) is 10.0 Å². The van der Waals surface area contributed by atoms with Gasteiger partial charge < -0.3 is 0 Å². The van der Waals surface area contributed by atoms with Crippen molar-refractivity contribution in [2.45, 2.75) is 17.4 Å². The van der Waals surface area contributed by atoms with Crippen LogP contribution in [-0.2, 0) is 6.42 Å². The minimum absolute atomic E-state index is 0.0901. The molecule has 0 aromatic heterocycles. The first-order valence-corrected chi connectivity index (χ1v) is 8.15. The zero-order chi connectivity index (χ0) is 15.2. The molecule has 2 aromatic carbocycles. The van der Waals surface area contributed by atoms with E-state index in [0.29, 0.717) is 17.1 Å². The Bertz CT molecular complexity index is 610. The molecule has 112 valence electrons. The molecular formula is C15H15BrF2N2S. The zero-order valence-corrected chi connectivity index (χ0v) is 13.6. The van der Waals surface area contributed by atoms with Crippen LogP contribution >= 0.6 is 27.7 Å². The third kappa shape index (κ3) is 4.78. The Labute approximate surface area is 135 Å². The molecule has 3 N–H and O–H groups in total. The average molecular weight is 373 g/mol. The third-order valence-electron chi connectivity index (χ3n) is 2.99. The second kappa shape index (κ2) is 7.89. The summed E-state index contributed by atoms with van der Waals surface area (Å²) in [5, 5.41) is 0. The maximum atomic E-state index is 13.6. The molecule has 0 saturated carbocycles. The second-order valence-electron chi connectivity index (χ2n) is 4.54. The maximum absolute atomic E-state index is 13.6.